The fourth-order valence-corrected chi connectivity index (χ4v) is 2.40. The highest BCUT2D eigenvalue weighted by atomic mass is 32.2. The topological polar surface area (TPSA) is 41.6 Å². The van der Waals surface area contributed by atoms with Crippen molar-refractivity contribution in [1.82, 2.24) is 15.2 Å². The zero-order chi connectivity index (χ0) is 18.4. The summed E-state index contributed by atoms with van der Waals surface area (Å²) in [5.41, 5.74) is 3.04. The van der Waals surface area contributed by atoms with Crippen LogP contribution in [0.2, 0.25) is 0 Å². The van der Waals surface area contributed by atoms with Gasteiger partial charge in [-0.1, -0.05) is 83.3 Å². The average Bonchev–Trinajstić information content (AvgIpc) is 3.05. The Hall–Kier alpha value is -2.07. The number of allylic oxidation sites excluding steroid dienone is 4. The maximum atomic E-state index is 4.38. The zero-order valence-corrected chi connectivity index (χ0v) is 16.3. The van der Waals surface area contributed by atoms with Crippen molar-refractivity contribution < 1.29 is 0 Å². The fraction of sp³-hybridized carbons (Fsp3) is 0.300. The molecule has 1 N–H and O–H groups in total. The summed E-state index contributed by atoms with van der Waals surface area (Å²) in [6.07, 6.45) is 10.3. The van der Waals surface area contributed by atoms with Crippen LogP contribution in [0.1, 0.15) is 45.4 Å². The van der Waals surface area contributed by atoms with Crippen molar-refractivity contribution >= 4 is 17.3 Å². The minimum atomic E-state index is 0.933. The minimum Gasteiger partial charge on any atom is -0.277 e. The van der Waals surface area contributed by atoms with E-state index in [1.165, 1.54) is 6.42 Å². The lowest BCUT2D eigenvalue weighted by Crippen LogP contribution is -1.85. The lowest BCUT2D eigenvalue weighted by Gasteiger charge is -2.03. The Morgan fingerprint density at radius 2 is 1.88 bits per heavy atom. The molecule has 0 saturated heterocycles. The Labute approximate surface area is 151 Å². The smallest absolute Gasteiger partial charge is 0.101 e. The van der Waals surface area contributed by atoms with Crippen molar-refractivity contribution in [3.63, 3.8) is 0 Å². The molecule has 0 saturated carbocycles. The van der Waals surface area contributed by atoms with Crippen LogP contribution in [0.3, 0.4) is 0 Å². The maximum Gasteiger partial charge on any atom is 0.101 e. The molecular weight excluding hydrogens is 314 g/mol. The molecule has 0 aliphatic rings. The van der Waals surface area contributed by atoms with Crippen LogP contribution in [0.4, 0.5) is 0 Å². The Morgan fingerprint density at radius 3 is 2.38 bits per heavy atom. The fourth-order valence-electron chi connectivity index (χ4n) is 1.57. The van der Waals surface area contributed by atoms with E-state index in [0.717, 1.165) is 26.8 Å². The van der Waals surface area contributed by atoms with Crippen molar-refractivity contribution in [2.45, 2.75) is 51.0 Å². The van der Waals surface area contributed by atoms with Crippen molar-refractivity contribution in [1.29, 1.82) is 0 Å². The van der Waals surface area contributed by atoms with Gasteiger partial charge in [-0.25, -0.2) is 4.98 Å². The van der Waals surface area contributed by atoms with Crippen molar-refractivity contribution in [3.05, 3.63) is 67.2 Å². The van der Waals surface area contributed by atoms with E-state index >= 15 is 0 Å². The highest BCUT2D eigenvalue weighted by Gasteiger charge is 2.09. The normalized spacial score (nSPS) is 9.96. The number of aromatic nitrogens is 3. The van der Waals surface area contributed by atoms with Gasteiger partial charge in [-0.05, 0) is 18.6 Å². The number of hydrogen-bond acceptors (Lipinski definition) is 3. The van der Waals surface area contributed by atoms with Gasteiger partial charge >= 0.3 is 0 Å². The number of H-pyrrole nitrogens is 1. The van der Waals surface area contributed by atoms with Crippen LogP contribution in [-0.4, -0.2) is 15.2 Å². The molecule has 0 aliphatic heterocycles. The first kappa shape index (κ1) is 21.9. The first-order chi connectivity index (χ1) is 11.7. The van der Waals surface area contributed by atoms with E-state index in [-0.39, 0.29) is 0 Å². The molecule has 0 atom stereocenters. The first-order valence-electron chi connectivity index (χ1n) is 8.25. The summed E-state index contributed by atoms with van der Waals surface area (Å²) >= 11 is 1.57. The van der Waals surface area contributed by atoms with E-state index in [0.29, 0.717) is 0 Å². The molecule has 0 amide bonds. The second-order valence-electron chi connectivity index (χ2n) is 4.65. The van der Waals surface area contributed by atoms with E-state index in [1.54, 1.807) is 30.1 Å². The molecule has 2 aromatic heterocycles. The quantitative estimate of drug-likeness (QED) is 0.633. The Morgan fingerprint density at radius 1 is 1.21 bits per heavy atom. The van der Waals surface area contributed by atoms with E-state index in [1.807, 2.05) is 45.2 Å². The van der Waals surface area contributed by atoms with Gasteiger partial charge in [0.05, 0.1) is 16.8 Å². The summed E-state index contributed by atoms with van der Waals surface area (Å²) in [6, 6.07) is 4.05. The molecule has 2 rings (SSSR count). The van der Waals surface area contributed by atoms with Gasteiger partial charge in [0.25, 0.3) is 0 Å². The SMILES string of the molecule is C=C/C=C(\C=C)c1[nH]ncc1Sc1ccc(C)cn1.CC.CCC. The summed E-state index contributed by atoms with van der Waals surface area (Å²) in [7, 11) is 0. The van der Waals surface area contributed by atoms with Gasteiger partial charge in [-0.15, -0.1) is 0 Å². The van der Waals surface area contributed by atoms with E-state index in [2.05, 4.69) is 42.2 Å². The van der Waals surface area contributed by atoms with Crippen LogP contribution in [0, 0.1) is 6.92 Å². The van der Waals surface area contributed by atoms with E-state index < -0.39 is 0 Å². The van der Waals surface area contributed by atoms with Crippen molar-refractivity contribution in [2.75, 3.05) is 0 Å². The Kier molecular flexibility index (Phi) is 12.2. The molecule has 0 aliphatic carbocycles. The molecular formula is C20H29N3S. The lowest BCUT2D eigenvalue weighted by atomic mass is 10.2. The molecule has 2 heterocycles. The maximum absolute atomic E-state index is 4.38. The van der Waals surface area contributed by atoms with Crippen LogP contribution in [0.15, 0.2) is 65.8 Å². The molecule has 24 heavy (non-hydrogen) atoms. The van der Waals surface area contributed by atoms with E-state index in [4.69, 9.17) is 0 Å². The van der Waals surface area contributed by atoms with Crippen LogP contribution in [0.25, 0.3) is 5.57 Å². The van der Waals surface area contributed by atoms with Crippen LogP contribution >= 0.6 is 11.8 Å². The third kappa shape index (κ3) is 7.47. The highest BCUT2D eigenvalue weighted by Crippen LogP contribution is 2.31. The molecule has 0 radical (unpaired) electrons. The zero-order valence-electron chi connectivity index (χ0n) is 15.5. The number of rotatable bonds is 5. The lowest BCUT2D eigenvalue weighted by molar-refractivity contribution is 1.07. The number of pyridine rings is 1. The third-order valence-electron chi connectivity index (χ3n) is 2.51. The summed E-state index contributed by atoms with van der Waals surface area (Å²) in [5, 5.41) is 8.02. The summed E-state index contributed by atoms with van der Waals surface area (Å²) in [6.45, 7) is 17.8. The summed E-state index contributed by atoms with van der Waals surface area (Å²) < 4.78 is 0. The second-order valence-corrected chi connectivity index (χ2v) is 5.72. The largest absolute Gasteiger partial charge is 0.277 e. The highest BCUT2D eigenvalue weighted by molar-refractivity contribution is 7.99. The molecule has 0 aromatic carbocycles. The first-order valence-corrected chi connectivity index (χ1v) is 9.07. The number of nitrogens with zero attached hydrogens (tertiary/aromatic N) is 2. The predicted molar refractivity (Wildman–Crippen MR) is 107 cm³/mol. The second kappa shape index (κ2) is 13.4. The summed E-state index contributed by atoms with van der Waals surface area (Å²) in [4.78, 5) is 5.40. The van der Waals surface area contributed by atoms with Crippen molar-refractivity contribution in [3.8, 4) is 0 Å². The number of aromatic amines is 1. The molecule has 0 spiro atoms. The number of nitrogens with one attached hydrogen (secondary N) is 1. The van der Waals surface area contributed by atoms with Gasteiger partial charge in [0.2, 0.25) is 0 Å². The van der Waals surface area contributed by atoms with Gasteiger partial charge in [-0.3, -0.25) is 5.10 Å². The van der Waals surface area contributed by atoms with Gasteiger partial charge in [-0.2, -0.15) is 5.10 Å². The third-order valence-corrected chi connectivity index (χ3v) is 3.49. The predicted octanol–water partition coefficient (Wildman–Crippen LogP) is 6.46. The van der Waals surface area contributed by atoms with Crippen LogP contribution in [-0.2, 0) is 0 Å². The standard InChI is InChI=1S/C15H15N3S.C3H8.C2H6/c1-4-6-12(5-2)15-13(10-17-18-15)19-14-8-7-11(3)9-16-14;1-3-2;1-2/h4-10H,1-2H2,3H3,(H,17,18);3H2,1-2H3;1-2H3/b12-6+;;. The van der Waals surface area contributed by atoms with E-state index in [9.17, 15) is 0 Å². The summed E-state index contributed by atoms with van der Waals surface area (Å²) in [5.74, 6) is 0. The molecule has 3 nitrogen and oxygen atoms in total. The van der Waals surface area contributed by atoms with Gasteiger partial charge in [0, 0.05) is 11.8 Å². The number of hydrogen-bond donors (Lipinski definition) is 1. The molecule has 2 aromatic rings. The monoisotopic (exact) mass is 343 g/mol. The molecule has 0 unspecified atom stereocenters. The average molecular weight is 344 g/mol. The van der Waals surface area contributed by atoms with Gasteiger partial charge in [0.1, 0.15) is 5.03 Å². The van der Waals surface area contributed by atoms with Crippen LogP contribution in [0.5, 0.6) is 0 Å². The minimum absolute atomic E-state index is 0.933. The molecule has 130 valence electrons. The molecule has 0 fully saturated rings. The van der Waals surface area contributed by atoms with Gasteiger partial charge in [0.15, 0.2) is 0 Å². The van der Waals surface area contributed by atoms with Crippen LogP contribution < -0.4 is 0 Å². The molecule has 0 bridgehead atoms. The Balaban J connectivity index is 0.000000952. The number of aryl methyl sites for hydroxylation is 1. The van der Waals surface area contributed by atoms with Crippen molar-refractivity contribution in [2.24, 2.45) is 0 Å². The molecule has 4 heteroatoms. The van der Waals surface area contributed by atoms with Gasteiger partial charge < -0.3 is 0 Å². The Bertz CT molecular complexity index is 625.